The van der Waals surface area contributed by atoms with Crippen LogP contribution in [0.25, 0.3) is 0 Å². The zero-order valence-electron chi connectivity index (χ0n) is 21.0. The van der Waals surface area contributed by atoms with Gasteiger partial charge in [-0.05, 0) is 67.1 Å². The van der Waals surface area contributed by atoms with Crippen molar-refractivity contribution in [1.29, 1.82) is 0 Å². The van der Waals surface area contributed by atoms with E-state index in [1.54, 1.807) is 36.4 Å². The number of para-hydroxylation sites is 1. The fraction of sp³-hybridized carbons (Fsp3) is 0.300. The van der Waals surface area contributed by atoms with Crippen molar-refractivity contribution in [2.75, 3.05) is 5.32 Å². The third-order valence-corrected chi connectivity index (χ3v) is 6.96. The van der Waals surface area contributed by atoms with Gasteiger partial charge in [-0.1, -0.05) is 43.3 Å². The molecule has 3 aromatic rings. The number of aryl methyl sites for hydroxylation is 1. The second-order valence-electron chi connectivity index (χ2n) is 9.45. The van der Waals surface area contributed by atoms with Gasteiger partial charge in [0.25, 0.3) is 11.8 Å². The largest absolute Gasteiger partial charge is 0.480 e. The molecule has 1 N–H and O–H groups in total. The Morgan fingerprint density at radius 1 is 1.05 bits per heavy atom. The number of benzene rings is 3. The molecule has 0 bridgehead atoms. The molecule has 1 heterocycles. The molecule has 1 aliphatic carbocycles. The molecule has 0 spiro atoms. The van der Waals surface area contributed by atoms with E-state index >= 15 is 0 Å². The fourth-order valence-electron chi connectivity index (χ4n) is 5.22. The molecule has 5 rings (SSSR count). The van der Waals surface area contributed by atoms with Crippen molar-refractivity contribution in [2.24, 2.45) is 0 Å². The van der Waals surface area contributed by atoms with Gasteiger partial charge in [0.15, 0.2) is 6.10 Å². The van der Waals surface area contributed by atoms with E-state index in [1.165, 1.54) is 18.1 Å². The summed E-state index contributed by atoms with van der Waals surface area (Å²) < 4.78 is 11.4. The van der Waals surface area contributed by atoms with Gasteiger partial charge in [-0.15, -0.1) is 0 Å². The van der Waals surface area contributed by atoms with E-state index in [0.29, 0.717) is 24.4 Å². The number of ether oxygens (including phenoxy) is 2. The molecule has 2 aliphatic rings. The van der Waals surface area contributed by atoms with E-state index in [9.17, 15) is 14.4 Å². The first-order valence-electron chi connectivity index (χ1n) is 12.7. The van der Waals surface area contributed by atoms with Crippen LogP contribution in [0.3, 0.4) is 0 Å². The van der Waals surface area contributed by atoms with Crippen LogP contribution in [-0.2, 0) is 22.6 Å². The summed E-state index contributed by atoms with van der Waals surface area (Å²) in [6.45, 7) is 3.63. The van der Waals surface area contributed by atoms with Crippen LogP contribution in [0.15, 0.2) is 66.7 Å². The zero-order chi connectivity index (χ0) is 25.9. The van der Waals surface area contributed by atoms with Gasteiger partial charge in [0.2, 0.25) is 0 Å². The average Bonchev–Trinajstić information content (AvgIpc) is 3.04. The molecule has 37 heavy (non-hydrogen) atoms. The zero-order valence-corrected chi connectivity index (χ0v) is 21.0. The number of anilines is 1. The lowest BCUT2D eigenvalue weighted by atomic mass is 9.86. The van der Waals surface area contributed by atoms with Gasteiger partial charge in [0, 0.05) is 18.2 Å². The Labute approximate surface area is 216 Å². The van der Waals surface area contributed by atoms with Gasteiger partial charge in [-0.2, -0.15) is 0 Å². The molecule has 7 heteroatoms. The SMILES string of the molecule is CC[C@@H]1Oc2ccc(NC(=O)c3ccccc3OC(C)=O)cc2CN([C@H]2CCCc3ccccc32)C1=O. The number of fused-ring (bicyclic) bond motifs is 2. The highest BCUT2D eigenvalue weighted by atomic mass is 16.5. The summed E-state index contributed by atoms with van der Waals surface area (Å²) in [5.41, 5.74) is 4.14. The quantitative estimate of drug-likeness (QED) is 0.374. The number of hydrogen-bond donors (Lipinski definition) is 1. The molecule has 1 aliphatic heterocycles. The molecule has 0 aromatic heterocycles. The van der Waals surface area contributed by atoms with Crippen LogP contribution in [0.4, 0.5) is 5.69 Å². The number of esters is 1. The van der Waals surface area contributed by atoms with Crippen molar-refractivity contribution >= 4 is 23.5 Å². The molecule has 190 valence electrons. The topological polar surface area (TPSA) is 84.9 Å². The Hall–Kier alpha value is -4.13. The molecule has 0 fully saturated rings. The Kier molecular flexibility index (Phi) is 6.95. The van der Waals surface area contributed by atoms with Crippen LogP contribution in [0.5, 0.6) is 11.5 Å². The molecule has 3 aromatic carbocycles. The van der Waals surface area contributed by atoms with Gasteiger partial charge in [-0.3, -0.25) is 14.4 Å². The Bertz CT molecular complexity index is 1350. The van der Waals surface area contributed by atoms with E-state index in [2.05, 4.69) is 17.4 Å². The van der Waals surface area contributed by atoms with Gasteiger partial charge < -0.3 is 19.7 Å². The second-order valence-corrected chi connectivity index (χ2v) is 9.45. The van der Waals surface area contributed by atoms with Crippen molar-refractivity contribution in [1.82, 2.24) is 4.90 Å². The van der Waals surface area contributed by atoms with E-state index in [1.807, 2.05) is 30.0 Å². The van der Waals surface area contributed by atoms with E-state index in [-0.39, 0.29) is 23.3 Å². The summed E-state index contributed by atoms with van der Waals surface area (Å²) in [7, 11) is 0. The summed E-state index contributed by atoms with van der Waals surface area (Å²) >= 11 is 0. The molecule has 0 saturated carbocycles. The van der Waals surface area contributed by atoms with Crippen LogP contribution in [-0.4, -0.2) is 28.8 Å². The predicted molar refractivity (Wildman–Crippen MR) is 140 cm³/mol. The molecule has 2 amide bonds. The Balaban J connectivity index is 1.45. The van der Waals surface area contributed by atoms with Crippen LogP contribution < -0.4 is 14.8 Å². The van der Waals surface area contributed by atoms with Crippen LogP contribution in [0.1, 0.15) is 66.2 Å². The van der Waals surface area contributed by atoms with Crippen molar-refractivity contribution < 1.29 is 23.9 Å². The maximum Gasteiger partial charge on any atom is 0.308 e. The van der Waals surface area contributed by atoms with E-state index in [4.69, 9.17) is 9.47 Å². The van der Waals surface area contributed by atoms with Crippen LogP contribution in [0, 0.1) is 0 Å². The van der Waals surface area contributed by atoms with Gasteiger partial charge in [0.05, 0.1) is 18.2 Å². The number of hydrogen-bond acceptors (Lipinski definition) is 5. The number of carbonyl (C=O) groups excluding carboxylic acids is 3. The molecule has 7 nitrogen and oxygen atoms in total. The highest BCUT2D eigenvalue weighted by Crippen LogP contribution is 2.39. The number of rotatable bonds is 5. The minimum atomic E-state index is -0.564. The number of carbonyl (C=O) groups is 3. The lowest BCUT2D eigenvalue weighted by Gasteiger charge is -2.36. The van der Waals surface area contributed by atoms with Gasteiger partial charge in [0.1, 0.15) is 11.5 Å². The summed E-state index contributed by atoms with van der Waals surface area (Å²) in [5.74, 6) is -0.0654. The smallest absolute Gasteiger partial charge is 0.308 e. The molecule has 0 radical (unpaired) electrons. The standard InChI is InChI=1S/C30H30N2O5/c1-3-26-30(35)32(25-13-8-10-20-9-4-5-11-23(20)25)18-21-17-22(15-16-27(21)37-26)31-29(34)24-12-6-7-14-28(24)36-19(2)33/h4-7,9,11-12,14-17,25-26H,3,8,10,13,18H2,1-2H3,(H,31,34)/t25-,26-/m0/s1. The third-order valence-electron chi connectivity index (χ3n) is 6.96. The van der Waals surface area contributed by atoms with Crippen LogP contribution >= 0.6 is 0 Å². The van der Waals surface area contributed by atoms with E-state index in [0.717, 1.165) is 24.8 Å². The molecule has 2 atom stereocenters. The number of nitrogens with zero attached hydrogens (tertiary/aromatic N) is 1. The first kappa shape index (κ1) is 24.6. The predicted octanol–water partition coefficient (Wildman–Crippen LogP) is 5.44. The summed E-state index contributed by atoms with van der Waals surface area (Å²) in [6.07, 6.45) is 2.94. The van der Waals surface area contributed by atoms with Gasteiger partial charge >= 0.3 is 5.97 Å². The minimum Gasteiger partial charge on any atom is -0.480 e. The second kappa shape index (κ2) is 10.5. The summed E-state index contributed by atoms with van der Waals surface area (Å²) in [6, 6.07) is 20.3. The van der Waals surface area contributed by atoms with E-state index < -0.39 is 18.0 Å². The minimum absolute atomic E-state index is 0.0127. The highest BCUT2D eigenvalue weighted by molar-refractivity contribution is 6.06. The number of amides is 2. The molecular weight excluding hydrogens is 468 g/mol. The summed E-state index contributed by atoms with van der Waals surface area (Å²) in [5, 5.41) is 2.90. The number of nitrogens with one attached hydrogen (secondary N) is 1. The van der Waals surface area contributed by atoms with Crippen molar-refractivity contribution in [3.05, 3.63) is 89.0 Å². The normalized spacial score (nSPS) is 18.6. The first-order valence-corrected chi connectivity index (χ1v) is 12.7. The molecular formula is C30H30N2O5. The van der Waals surface area contributed by atoms with Crippen molar-refractivity contribution in [3.8, 4) is 11.5 Å². The maximum absolute atomic E-state index is 13.6. The lowest BCUT2D eigenvalue weighted by molar-refractivity contribution is -0.141. The fourth-order valence-corrected chi connectivity index (χ4v) is 5.22. The monoisotopic (exact) mass is 498 g/mol. The third kappa shape index (κ3) is 5.07. The van der Waals surface area contributed by atoms with Crippen molar-refractivity contribution in [3.63, 3.8) is 0 Å². The summed E-state index contributed by atoms with van der Waals surface area (Å²) in [4.78, 5) is 40.1. The maximum atomic E-state index is 13.6. The lowest BCUT2D eigenvalue weighted by Crippen LogP contribution is -2.42. The highest BCUT2D eigenvalue weighted by Gasteiger charge is 2.36. The Morgan fingerprint density at radius 2 is 1.84 bits per heavy atom. The van der Waals surface area contributed by atoms with Gasteiger partial charge in [-0.25, -0.2) is 0 Å². The van der Waals surface area contributed by atoms with Crippen LogP contribution in [0.2, 0.25) is 0 Å². The molecule has 0 saturated heterocycles. The first-order chi connectivity index (χ1) is 17.9. The average molecular weight is 499 g/mol. The van der Waals surface area contributed by atoms with Crippen molar-refractivity contribution in [2.45, 2.75) is 58.2 Å². The molecule has 0 unspecified atom stereocenters. The Morgan fingerprint density at radius 3 is 2.65 bits per heavy atom.